The van der Waals surface area contributed by atoms with Crippen LogP contribution in [-0.2, 0) is 0 Å². The molecule has 0 aliphatic heterocycles. The van der Waals surface area contributed by atoms with Gasteiger partial charge in [-0.25, -0.2) is 9.97 Å². The van der Waals surface area contributed by atoms with Gasteiger partial charge < -0.3 is 10.4 Å². The number of aromatic hydroxyl groups is 1. The molecule has 0 amide bonds. The molecule has 0 saturated carbocycles. The molecule has 0 radical (unpaired) electrons. The molecule has 23 heavy (non-hydrogen) atoms. The molecule has 0 aliphatic carbocycles. The Morgan fingerprint density at radius 2 is 2.00 bits per heavy atom. The van der Waals surface area contributed by atoms with E-state index in [-0.39, 0.29) is 5.75 Å². The number of rotatable bonds is 4. The summed E-state index contributed by atoms with van der Waals surface area (Å²) >= 11 is 6.23. The van der Waals surface area contributed by atoms with Crippen molar-refractivity contribution in [2.75, 3.05) is 5.32 Å². The molecular weight excluding hydrogens is 310 g/mol. The van der Waals surface area contributed by atoms with Crippen LogP contribution in [0.4, 0.5) is 5.95 Å². The Morgan fingerprint density at radius 3 is 2.74 bits per heavy atom. The summed E-state index contributed by atoms with van der Waals surface area (Å²) in [6, 6.07) is 11.2. The second-order valence-corrected chi connectivity index (χ2v) is 5.96. The second kappa shape index (κ2) is 6.42. The second-order valence-electron chi connectivity index (χ2n) is 5.56. The number of fused-ring (bicyclic) bond motifs is 1. The molecule has 1 aromatic heterocycles. The molecule has 0 bridgehead atoms. The van der Waals surface area contributed by atoms with Crippen LogP contribution in [0.5, 0.6) is 5.75 Å². The van der Waals surface area contributed by atoms with Gasteiger partial charge in [0.15, 0.2) is 0 Å². The zero-order valence-corrected chi connectivity index (χ0v) is 13.8. The summed E-state index contributed by atoms with van der Waals surface area (Å²) in [5.74, 6) is 0.718. The molecule has 1 unspecified atom stereocenters. The quantitative estimate of drug-likeness (QED) is 0.718. The van der Waals surface area contributed by atoms with E-state index in [1.165, 1.54) is 0 Å². The summed E-state index contributed by atoms with van der Waals surface area (Å²) < 4.78 is 0. The molecule has 3 aromatic rings. The van der Waals surface area contributed by atoms with Gasteiger partial charge in [-0.15, -0.1) is 0 Å². The molecule has 1 heterocycles. The van der Waals surface area contributed by atoms with Crippen LogP contribution in [0.25, 0.3) is 22.0 Å². The summed E-state index contributed by atoms with van der Waals surface area (Å²) in [7, 11) is 0. The fourth-order valence-electron chi connectivity index (χ4n) is 2.36. The highest BCUT2D eigenvalue weighted by molar-refractivity contribution is 6.33. The molecule has 2 aromatic carbocycles. The standard InChI is InChI=1S/C18H18ClN3O/c1-3-11(2)21-18-20-10-12-8-14(17(23)9-16(12)22-18)13-6-4-5-7-15(13)19/h4-11,23H,3H2,1-2H3,(H,20,21,22). The van der Waals surface area contributed by atoms with Gasteiger partial charge in [0.05, 0.1) is 5.52 Å². The van der Waals surface area contributed by atoms with Crippen molar-refractivity contribution >= 4 is 28.5 Å². The van der Waals surface area contributed by atoms with Crippen molar-refractivity contribution in [3.05, 3.63) is 47.6 Å². The Hall–Kier alpha value is -2.33. The largest absolute Gasteiger partial charge is 0.507 e. The molecule has 3 rings (SSSR count). The Balaban J connectivity index is 2.06. The highest BCUT2D eigenvalue weighted by Crippen LogP contribution is 2.36. The third kappa shape index (κ3) is 3.22. The first kappa shape index (κ1) is 15.6. The van der Waals surface area contributed by atoms with E-state index in [4.69, 9.17) is 11.6 Å². The lowest BCUT2D eigenvalue weighted by molar-refractivity contribution is 0.478. The zero-order valence-electron chi connectivity index (χ0n) is 13.0. The van der Waals surface area contributed by atoms with Gasteiger partial charge in [0, 0.05) is 39.8 Å². The molecular formula is C18H18ClN3O. The van der Waals surface area contributed by atoms with E-state index < -0.39 is 0 Å². The third-order valence-corrected chi connectivity index (χ3v) is 4.18. The molecule has 5 heteroatoms. The van der Waals surface area contributed by atoms with Gasteiger partial charge in [0.2, 0.25) is 5.95 Å². The first-order chi connectivity index (χ1) is 11.1. The average Bonchev–Trinajstić information content (AvgIpc) is 2.55. The van der Waals surface area contributed by atoms with Gasteiger partial charge in [-0.05, 0) is 25.5 Å². The van der Waals surface area contributed by atoms with Gasteiger partial charge in [-0.1, -0.05) is 36.7 Å². The van der Waals surface area contributed by atoms with Crippen LogP contribution in [-0.4, -0.2) is 21.1 Å². The monoisotopic (exact) mass is 327 g/mol. The summed E-state index contributed by atoms with van der Waals surface area (Å²) in [4.78, 5) is 8.81. The fourth-order valence-corrected chi connectivity index (χ4v) is 2.59. The van der Waals surface area contributed by atoms with Crippen molar-refractivity contribution in [1.82, 2.24) is 9.97 Å². The third-order valence-electron chi connectivity index (χ3n) is 3.85. The van der Waals surface area contributed by atoms with Gasteiger partial charge in [-0.2, -0.15) is 0 Å². The number of nitrogens with one attached hydrogen (secondary N) is 1. The Kier molecular flexibility index (Phi) is 4.35. The summed E-state index contributed by atoms with van der Waals surface area (Å²) in [5.41, 5.74) is 2.16. The van der Waals surface area contributed by atoms with Crippen LogP contribution in [0.3, 0.4) is 0 Å². The SMILES string of the molecule is CCC(C)Nc1ncc2cc(-c3ccccc3Cl)c(O)cc2n1. The van der Waals surface area contributed by atoms with Crippen molar-refractivity contribution in [3.8, 4) is 16.9 Å². The Morgan fingerprint density at radius 1 is 1.22 bits per heavy atom. The number of aromatic nitrogens is 2. The van der Waals surface area contributed by atoms with E-state index in [0.29, 0.717) is 28.1 Å². The summed E-state index contributed by atoms with van der Waals surface area (Å²) in [6.07, 6.45) is 2.74. The van der Waals surface area contributed by atoms with E-state index in [2.05, 4.69) is 29.1 Å². The molecule has 1 atom stereocenters. The number of phenols is 1. The van der Waals surface area contributed by atoms with Gasteiger partial charge in [0.1, 0.15) is 5.75 Å². The van der Waals surface area contributed by atoms with E-state index >= 15 is 0 Å². The van der Waals surface area contributed by atoms with E-state index in [1.54, 1.807) is 18.3 Å². The van der Waals surface area contributed by atoms with Crippen molar-refractivity contribution in [3.63, 3.8) is 0 Å². The maximum absolute atomic E-state index is 10.4. The number of benzene rings is 2. The topological polar surface area (TPSA) is 58.0 Å². The predicted octanol–water partition coefficient (Wildman–Crippen LogP) is 4.87. The van der Waals surface area contributed by atoms with Gasteiger partial charge in [-0.3, -0.25) is 0 Å². The van der Waals surface area contributed by atoms with Crippen molar-refractivity contribution < 1.29 is 5.11 Å². The maximum Gasteiger partial charge on any atom is 0.223 e. The van der Waals surface area contributed by atoms with Gasteiger partial charge >= 0.3 is 0 Å². The molecule has 0 fully saturated rings. The van der Waals surface area contributed by atoms with E-state index in [1.807, 2.05) is 24.3 Å². The molecule has 2 N–H and O–H groups in total. The number of anilines is 1. The summed E-state index contributed by atoms with van der Waals surface area (Å²) in [6.45, 7) is 4.17. The highest BCUT2D eigenvalue weighted by atomic mass is 35.5. The molecule has 0 spiro atoms. The summed E-state index contributed by atoms with van der Waals surface area (Å²) in [5, 5.41) is 15.0. The number of hydrogen-bond acceptors (Lipinski definition) is 4. The fraction of sp³-hybridized carbons (Fsp3) is 0.222. The number of halogens is 1. The van der Waals surface area contributed by atoms with Crippen LogP contribution < -0.4 is 5.32 Å². The van der Waals surface area contributed by atoms with Gasteiger partial charge in [0.25, 0.3) is 0 Å². The van der Waals surface area contributed by atoms with Crippen LogP contribution in [0.2, 0.25) is 5.02 Å². The minimum atomic E-state index is 0.152. The van der Waals surface area contributed by atoms with Crippen LogP contribution in [0.15, 0.2) is 42.6 Å². The minimum absolute atomic E-state index is 0.152. The molecule has 118 valence electrons. The van der Waals surface area contributed by atoms with Crippen LogP contribution in [0, 0.1) is 0 Å². The normalized spacial score (nSPS) is 12.3. The lowest BCUT2D eigenvalue weighted by atomic mass is 10.0. The van der Waals surface area contributed by atoms with Crippen LogP contribution in [0.1, 0.15) is 20.3 Å². The van der Waals surface area contributed by atoms with Crippen molar-refractivity contribution in [1.29, 1.82) is 0 Å². The lowest BCUT2D eigenvalue weighted by Gasteiger charge is -2.12. The Labute approximate surface area is 140 Å². The highest BCUT2D eigenvalue weighted by Gasteiger charge is 2.11. The first-order valence-electron chi connectivity index (χ1n) is 7.59. The molecule has 0 saturated heterocycles. The molecule has 0 aliphatic rings. The lowest BCUT2D eigenvalue weighted by Crippen LogP contribution is -2.15. The first-order valence-corrected chi connectivity index (χ1v) is 7.97. The minimum Gasteiger partial charge on any atom is -0.507 e. The van der Waals surface area contributed by atoms with E-state index in [0.717, 1.165) is 17.4 Å². The van der Waals surface area contributed by atoms with Crippen LogP contribution >= 0.6 is 11.6 Å². The molecule has 4 nitrogen and oxygen atoms in total. The predicted molar refractivity (Wildman–Crippen MR) is 95.0 cm³/mol. The smallest absolute Gasteiger partial charge is 0.223 e. The van der Waals surface area contributed by atoms with E-state index in [9.17, 15) is 5.11 Å². The zero-order chi connectivity index (χ0) is 16.4. The number of hydrogen-bond donors (Lipinski definition) is 2. The number of nitrogens with zero attached hydrogens (tertiary/aromatic N) is 2. The Bertz CT molecular complexity index is 851. The van der Waals surface area contributed by atoms with Crippen molar-refractivity contribution in [2.24, 2.45) is 0 Å². The van der Waals surface area contributed by atoms with Crippen molar-refractivity contribution in [2.45, 2.75) is 26.3 Å². The maximum atomic E-state index is 10.4. The number of phenolic OH excluding ortho intramolecular Hbond substituents is 1. The average molecular weight is 328 g/mol.